The van der Waals surface area contributed by atoms with E-state index < -0.39 is 0 Å². The molecule has 0 unspecified atom stereocenters. The Morgan fingerprint density at radius 3 is 2.06 bits per heavy atom. The van der Waals surface area contributed by atoms with E-state index in [1.54, 1.807) is 54.6 Å². The van der Waals surface area contributed by atoms with Gasteiger partial charge in [-0.15, -0.1) is 0 Å². The van der Waals surface area contributed by atoms with E-state index in [0.29, 0.717) is 41.3 Å². The third kappa shape index (κ3) is 6.08. The van der Waals surface area contributed by atoms with Gasteiger partial charge in [0, 0.05) is 34.6 Å². The first-order chi connectivity index (χ1) is 16.2. The summed E-state index contributed by atoms with van der Waals surface area (Å²) in [6.07, 6.45) is 0. The Morgan fingerprint density at radius 1 is 0.636 bits per heavy atom. The van der Waals surface area contributed by atoms with E-state index in [9.17, 15) is 9.59 Å². The van der Waals surface area contributed by atoms with Crippen LogP contribution in [0.1, 0.15) is 26.3 Å². The molecule has 0 bridgehead atoms. The molecular weight excluding hydrogens is 412 g/mol. The van der Waals surface area contributed by atoms with Gasteiger partial charge in [-0.05, 0) is 42.5 Å². The predicted molar refractivity (Wildman–Crippen MR) is 131 cm³/mol. The number of carbonyl (C=O) groups is 2. The number of carbonyl (C=O) groups excluding carboxylic acids is 2. The zero-order valence-electron chi connectivity index (χ0n) is 18.0. The van der Waals surface area contributed by atoms with Crippen molar-refractivity contribution in [1.29, 1.82) is 0 Å². The summed E-state index contributed by atoms with van der Waals surface area (Å²) in [5.41, 5.74) is 3.18. The minimum Gasteiger partial charge on any atom is -0.492 e. The third-order valence-electron chi connectivity index (χ3n) is 4.99. The van der Waals surface area contributed by atoms with Crippen LogP contribution >= 0.6 is 0 Å². The number of ketones is 1. The van der Waals surface area contributed by atoms with Gasteiger partial charge in [0.15, 0.2) is 5.78 Å². The molecule has 2 N–H and O–H groups in total. The zero-order valence-corrected chi connectivity index (χ0v) is 18.0. The van der Waals surface area contributed by atoms with Crippen LogP contribution in [0.2, 0.25) is 0 Å². The highest BCUT2D eigenvalue weighted by atomic mass is 16.5. The molecular formula is C28H24N2O3. The first-order valence-corrected chi connectivity index (χ1v) is 10.7. The maximum Gasteiger partial charge on any atom is 0.255 e. The molecule has 164 valence electrons. The second-order valence-electron chi connectivity index (χ2n) is 7.40. The fourth-order valence-electron chi connectivity index (χ4n) is 3.35. The minimum atomic E-state index is -0.271. The maximum atomic E-state index is 12.8. The molecule has 0 aromatic heterocycles. The Morgan fingerprint density at radius 2 is 1.27 bits per heavy atom. The van der Waals surface area contributed by atoms with Gasteiger partial charge in [0.25, 0.3) is 5.91 Å². The molecule has 33 heavy (non-hydrogen) atoms. The van der Waals surface area contributed by atoms with Crippen LogP contribution in [0.25, 0.3) is 0 Å². The summed E-state index contributed by atoms with van der Waals surface area (Å²) in [6, 6.07) is 32.9. The van der Waals surface area contributed by atoms with Crippen LogP contribution in [0.4, 0.5) is 11.4 Å². The molecule has 0 radical (unpaired) electrons. The largest absolute Gasteiger partial charge is 0.492 e. The summed E-state index contributed by atoms with van der Waals surface area (Å²) < 4.78 is 5.78. The van der Waals surface area contributed by atoms with Crippen molar-refractivity contribution in [3.63, 3.8) is 0 Å². The lowest BCUT2D eigenvalue weighted by Gasteiger charge is -2.10. The summed E-state index contributed by atoms with van der Waals surface area (Å²) in [5.74, 6) is 0.254. The smallest absolute Gasteiger partial charge is 0.255 e. The van der Waals surface area contributed by atoms with Crippen molar-refractivity contribution in [2.24, 2.45) is 0 Å². The van der Waals surface area contributed by atoms with Gasteiger partial charge >= 0.3 is 0 Å². The summed E-state index contributed by atoms with van der Waals surface area (Å²) in [7, 11) is 0. The van der Waals surface area contributed by atoms with Crippen molar-refractivity contribution in [1.82, 2.24) is 0 Å². The van der Waals surface area contributed by atoms with Crippen LogP contribution in [0, 0.1) is 0 Å². The van der Waals surface area contributed by atoms with E-state index in [4.69, 9.17) is 4.74 Å². The van der Waals surface area contributed by atoms with Crippen molar-refractivity contribution in [3.05, 3.63) is 126 Å². The van der Waals surface area contributed by atoms with E-state index in [1.165, 1.54) is 0 Å². The van der Waals surface area contributed by atoms with Crippen molar-refractivity contribution >= 4 is 23.1 Å². The predicted octanol–water partition coefficient (Wildman–Crippen LogP) is 5.66. The highest BCUT2D eigenvalue weighted by Gasteiger charge is 2.11. The zero-order chi connectivity index (χ0) is 22.9. The van der Waals surface area contributed by atoms with E-state index in [0.717, 1.165) is 5.69 Å². The molecule has 1 amide bonds. The standard InChI is InChI=1S/C28H24N2O3/c31-27(21-9-3-1-4-10-21)22-11-7-15-25(19-22)30-28(32)23-12-8-16-26(20-23)33-18-17-29-24-13-5-2-6-14-24/h1-16,19-20,29H,17-18H2,(H,30,32). The highest BCUT2D eigenvalue weighted by Crippen LogP contribution is 2.18. The normalized spacial score (nSPS) is 10.3. The van der Waals surface area contributed by atoms with Crippen molar-refractivity contribution in [2.45, 2.75) is 0 Å². The van der Waals surface area contributed by atoms with Gasteiger partial charge in [-0.3, -0.25) is 9.59 Å². The van der Waals surface area contributed by atoms with Crippen molar-refractivity contribution < 1.29 is 14.3 Å². The number of ether oxygens (including phenoxy) is 1. The van der Waals surface area contributed by atoms with Gasteiger partial charge in [0.2, 0.25) is 0 Å². The fraction of sp³-hybridized carbons (Fsp3) is 0.0714. The molecule has 0 spiro atoms. The number of amides is 1. The quantitative estimate of drug-likeness (QED) is 0.262. The molecule has 4 rings (SSSR count). The third-order valence-corrected chi connectivity index (χ3v) is 4.99. The molecule has 4 aromatic carbocycles. The van der Waals surface area contributed by atoms with E-state index in [1.807, 2.05) is 54.6 Å². The molecule has 0 heterocycles. The number of hydrogen-bond donors (Lipinski definition) is 2. The second-order valence-corrected chi connectivity index (χ2v) is 7.40. The van der Waals surface area contributed by atoms with Gasteiger partial charge in [-0.25, -0.2) is 0 Å². The summed E-state index contributed by atoms with van der Waals surface area (Å²) in [6.45, 7) is 1.10. The molecule has 0 fully saturated rings. The number of benzene rings is 4. The molecule has 0 atom stereocenters. The Labute approximate surface area is 193 Å². The molecule has 0 saturated heterocycles. The van der Waals surface area contributed by atoms with Crippen LogP contribution in [0.5, 0.6) is 5.75 Å². The highest BCUT2D eigenvalue weighted by molar-refractivity contribution is 6.10. The van der Waals surface area contributed by atoms with E-state index in [-0.39, 0.29) is 11.7 Å². The van der Waals surface area contributed by atoms with Gasteiger partial charge in [0.05, 0.1) is 0 Å². The Hall–Kier alpha value is -4.38. The van der Waals surface area contributed by atoms with Gasteiger partial charge in [0.1, 0.15) is 12.4 Å². The lowest BCUT2D eigenvalue weighted by Crippen LogP contribution is -2.14. The monoisotopic (exact) mass is 436 g/mol. The molecule has 0 saturated carbocycles. The van der Waals surface area contributed by atoms with Gasteiger partial charge in [-0.2, -0.15) is 0 Å². The van der Waals surface area contributed by atoms with E-state index >= 15 is 0 Å². The molecule has 0 aliphatic carbocycles. The lowest BCUT2D eigenvalue weighted by atomic mass is 10.0. The topological polar surface area (TPSA) is 67.4 Å². The van der Waals surface area contributed by atoms with Crippen molar-refractivity contribution in [3.8, 4) is 5.75 Å². The first kappa shape index (κ1) is 21.8. The van der Waals surface area contributed by atoms with E-state index in [2.05, 4.69) is 10.6 Å². The Bertz CT molecular complexity index is 1220. The second kappa shape index (κ2) is 10.8. The van der Waals surface area contributed by atoms with Crippen LogP contribution in [-0.4, -0.2) is 24.8 Å². The number of hydrogen-bond acceptors (Lipinski definition) is 4. The SMILES string of the molecule is O=C(Nc1cccc(C(=O)c2ccccc2)c1)c1cccc(OCCNc2ccccc2)c1. The van der Waals surface area contributed by atoms with Gasteiger partial charge in [-0.1, -0.05) is 66.7 Å². The van der Waals surface area contributed by atoms with Gasteiger partial charge < -0.3 is 15.4 Å². The van der Waals surface area contributed by atoms with Crippen LogP contribution in [0.3, 0.4) is 0 Å². The molecule has 0 aliphatic heterocycles. The minimum absolute atomic E-state index is 0.0915. The summed E-state index contributed by atoms with van der Waals surface area (Å²) >= 11 is 0. The van der Waals surface area contributed by atoms with Crippen molar-refractivity contribution in [2.75, 3.05) is 23.8 Å². The van der Waals surface area contributed by atoms with Crippen LogP contribution in [0.15, 0.2) is 109 Å². The summed E-state index contributed by atoms with van der Waals surface area (Å²) in [4.78, 5) is 25.4. The molecule has 5 nitrogen and oxygen atoms in total. The molecule has 5 heteroatoms. The number of nitrogens with one attached hydrogen (secondary N) is 2. The number of anilines is 2. The Balaban J connectivity index is 1.35. The summed E-state index contributed by atoms with van der Waals surface area (Å²) in [5, 5.41) is 6.14. The van der Waals surface area contributed by atoms with Crippen LogP contribution in [-0.2, 0) is 0 Å². The molecule has 4 aromatic rings. The Kier molecular flexibility index (Phi) is 7.13. The number of rotatable bonds is 9. The maximum absolute atomic E-state index is 12.8. The number of para-hydroxylation sites is 1. The van der Waals surface area contributed by atoms with Crippen LogP contribution < -0.4 is 15.4 Å². The fourth-order valence-corrected chi connectivity index (χ4v) is 3.35. The average Bonchev–Trinajstić information content (AvgIpc) is 2.88. The lowest BCUT2D eigenvalue weighted by molar-refractivity contribution is 0.102. The average molecular weight is 437 g/mol. The first-order valence-electron chi connectivity index (χ1n) is 10.7. The molecule has 0 aliphatic rings.